The zero-order chi connectivity index (χ0) is 22.2. The topological polar surface area (TPSA) is 21.6 Å². The quantitative estimate of drug-likeness (QED) is 0.315. The summed E-state index contributed by atoms with van der Waals surface area (Å²) in [7, 11) is 2.34. The monoisotopic (exact) mass is 439 g/mol. The molecular weight excluding hydrogens is 409 g/mol. The van der Waals surface area contributed by atoms with Gasteiger partial charge in [0, 0.05) is 24.1 Å². The van der Waals surface area contributed by atoms with Gasteiger partial charge in [-0.3, -0.25) is 4.99 Å². The van der Waals surface area contributed by atoms with Gasteiger partial charge in [0.1, 0.15) is 12.4 Å². The Morgan fingerprint density at radius 1 is 0.969 bits per heavy atom. The molecule has 0 spiro atoms. The zero-order valence-electron chi connectivity index (χ0n) is 18.8. The van der Waals surface area contributed by atoms with Crippen molar-refractivity contribution in [1.29, 1.82) is 0 Å². The summed E-state index contributed by atoms with van der Waals surface area (Å²) >= 11 is 0. The van der Waals surface area contributed by atoms with Crippen LogP contribution in [0.4, 0.5) is 0 Å². The van der Waals surface area contributed by atoms with E-state index in [-0.39, 0.29) is 0 Å². The van der Waals surface area contributed by atoms with Crippen LogP contribution in [0.5, 0.6) is 5.75 Å². The molecule has 0 saturated carbocycles. The molecule has 0 radical (unpaired) electrons. The molecule has 4 rings (SSSR count). The maximum absolute atomic E-state index is 6.31. The van der Waals surface area contributed by atoms with Gasteiger partial charge in [-0.2, -0.15) is 0 Å². The van der Waals surface area contributed by atoms with E-state index in [0.717, 1.165) is 18.6 Å². The Balaban J connectivity index is 1.62. The summed E-state index contributed by atoms with van der Waals surface area (Å²) < 4.78 is 6.31. The Morgan fingerprint density at radius 3 is 2.62 bits per heavy atom. The van der Waals surface area contributed by atoms with Crippen LogP contribution in [-0.2, 0) is 13.0 Å². The summed E-state index contributed by atoms with van der Waals surface area (Å²) in [6.07, 6.45) is 13.0. The van der Waals surface area contributed by atoms with Gasteiger partial charge in [0.2, 0.25) is 0 Å². The van der Waals surface area contributed by atoms with Crippen molar-refractivity contribution in [3.8, 4) is 5.75 Å². The first kappa shape index (κ1) is 22.2. The molecule has 1 aliphatic rings. The molecule has 3 aromatic rings. The van der Waals surface area contributed by atoms with Crippen molar-refractivity contribution < 1.29 is 4.74 Å². The predicted octanol–water partition coefficient (Wildman–Crippen LogP) is 5.93. The van der Waals surface area contributed by atoms with Crippen LogP contribution in [0, 0.1) is 12.8 Å². The van der Waals surface area contributed by atoms with E-state index in [0.29, 0.717) is 21.1 Å². The van der Waals surface area contributed by atoms with Gasteiger partial charge >= 0.3 is 0 Å². The largest absolute Gasteiger partial charge is 0.488 e. The van der Waals surface area contributed by atoms with Crippen LogP contribution in [0.25, 0.3) is 0 Å². The number of allylic oxidation sites excluding steroid dienone is 4. The van der Waals surface area contributed by atoms with Crippen molar-refractivity contribution >= 4 is 25.4 Å². The van der Waals surface area contributed by atoms with E-state index in [2.05, 4.69) is 96.9 Å². The van der Waals surface area contributed by atoms with E-state index in [1.165, 1.54) is 32.9 Å². The number of hydrogen-bond donors (Lipinski definition) is 0. The first-order chi connectivity index (χ1) is 15.7. The van der Waals surface area contributed by atoms with Crippen molar-refractivity contribution in [3.63, 3.8) is 0 Å². The van der Waals surface area contributed by atoms with E-state index < -0.39 is 0 Å². The molecule has 2 unspecified atom stereocenters. The summed E-state index contributed by atoms with van der Waals surface area (Å²) in [6, 6.07) is 23.7. The van der Waals surface area contributed by atoms with Crippen molar-refractivity contribution in [1.82, 2.24) is 0 Å². The number of benzene rings is 3. The highest BCUT2D eigenvalue weighted by Gasteiger charge is 2.13. The summed E-state index contributed by atoms with van der Waals surface area (Å²) in [5, 5.41) is 2.55. The standard InChI is InChI=1S/C29H30NOP/c1-22-13-16-28(26(17-22)20-30-2)32-29-19-25(18-23-9-5-3-6-10-23)14-15-27(29)31-21-24-11-7-4-8-12-24/h3-9,11-17,19-20,23,32H,10,18,21H2,1-2H3. The number of aryl methyl sites for hydroxylation is 1. The number of nitrogens with zero attached hydrogens (tertiary/aromatic N) is 1. The Morgan fingerprint density at radius 2 is 1.84 bits per heavy atom. The van der Waals surface area contributed by atoms with Crippen LogP contribution < -0.4 is 15.3 Å². The first-order valence-corrected chi connectivity index (χ1v) is 12.1. The number of rotatable bonds is 8. The van der Waals surface area contributed by atoms with Gasteiger partial charge in [0.25, 0.3) is 0 Å². The van der Waals surface area contributed by atoms with E-state index in [1.807, 2.05) is 19.3 Å². The van der Waals surface area contributed by atoms with Gasteiger partial charge < -0.3 is 4.74 Å². The lowest BCUT2D eigenvalue weighted by molar-refractivity contribution is 0.309. The smallest absolute Gasteiger partial charge is 0.127 e. The molecule has 3 aromatic carbocycles. The Hall–Kier alpha value is -2.96. The summed E-state index contributed by atoms with van der Waals surface area (Å²) in [6.45, 7) is 2.70. The SMILES string of the molecule is CN=Cc1cc(C)ccc1Pc1cc(CC2C=CC=CC2)ccc1OCc1ccccc1. The third kappa shape index (κ3) is 6.05. The van der Waals surface area contributed by atoms with Crippen LogP contribution in [-0.4, -0.2) is 13.3 Å². The fraction of sp³-hybridized carbons (Fsp3) is 0.207. The number of ether oxygens (including phenoxy) is 1. The fourth-order valence-electron chi connectivity index (χ4n) is 3.94. The van der Waals surface area contributed by atoms with Crippen molar-refractivity contribution in [3.05, 3.63) is 113 Å². The zero-order valence-corrected chi connectivity index (χ0v) is 19.8. The van der Waals surface area contributed by atoms with E-state index in [1.54, 1.807) is 0 Å². The average Bonchev–Trinajstić information content (AvgIpc) is 2.82. The molecule has 0 amide bonds. The van der Waals surface area contributed by atoms with Gasteiger partial charge in [-0.1, -0.05) is 87.0 Å². The molecule has 162 valence electrons. The van der Waals surface area contributed by atoms with E-state index >= 15 is 0 Å². The first-order valence-electron chi connectivity index (χ1n) is 11.1. The lowest BCUT2D eigenvalue weighted by Gasteiger charge is -2.17. The molecule has 0 aromatic heterocycles. The Bertz CT molecular complexity index is 1130. The molecule has 2 atom stereocenters. The van der Waals surface area contributed by atoms with Crippen LogP contribution in [0.3, 0.4) is 0 Å². The molecule has 3 heteroatoms. The predicted molar refractivity (Wildman–Crippen MR) is 140 cm³/mol. The molecular formula is C29H30NOP. The molecule has 0 fully saturated rings. The second-order valence-corrected chi connectivity index (χ2v) is 9.55. The summed E-state index contributed by atoms with van der Waals surface area (Å²) in [5.41, 5.74) is 4.98. The minimum Gasteiger partial charge on any atom is -0.488 e. The molecule has 2 nitrogen and oxygen atoms in total. The van der Waals surface area contributed by atoms with Crippen molar-refractivity contribution in [2.75, 3.05) is 7.05 Å². The Kier molecular flexibility index (Phi) is 7.69. The molecule has 32 heavy (non-hydrogen) atoms. The molecule has 0 aliphatic heterocycles. The molecule has 0 heterocycles. The van der Waals surface area contributed by atoms with Crippen LogP contribution >= 0.6 is 8.58 Å². The number of aliphatic imine (C=N–C) groups is 1. The van der Waals surface area contributed by atoms with E-state index in [4.69, 9.17) is 4.74 Å². The maximum atomic E-state index is 6.31. The summed E-state index contributed by atoms with van der Waals surface area (Å²) in [4.78, 5) is 4.28. The van der Waals surface area contributed by atoms with Gasteiger partial charge in [-0.05, 0) is 60.3 Å². The average molecular weight is 440 g/mol. The minimum absolute atomic E-state index is 0.508. The second-order valence-electron chi connectivity index (χ2n) is 8.22. The fourth-order valence-corrected chi connectivity index (χ4v) is 5.21. The van der Waals surface area contributed by atoms with Gasteiger partial charge in [0.05, 0.1) is 0 Å². The van der Waals surface area contributed by atoms with Gasteiger partial charge in [-0.15, -0.1) is 0 Å². The third-order valence-corrected chi connectivity index (χ3v) is 6.98. The lowest BCUT2D eigenvalue weighted by atomic mass is 9.93. The highest BCUT2D eigenvalue weighted by molar-refractivity contribution is 7.56. The maximum Gasteiger partial charge on any atom is 0.127 e. The molecule has 0 saturated heterocycles. The van der Waals surface area contributed by atoms with Gasteiger partial charge in [-0.25, -0.2) is 0 Å². The van der Waals surface area contributed by atoms with Gasteiger partial charge in [0.15, 0.2) is 0 Å². The minimum atomic E-state index is 0.508. The molecule has 0 bridgehead atoms. The second kappa shape index (κ2) is 11.1. The lowest BCUT2D eigenvalue weighted by Crippen LogP contribution is -2.14. The third-order valence-electron chi connectivity index (χ3n) is 5.59. The number of hydrogen-bond acceptors (Lipinski definition) is 2. The molecule has 0 N–H and O–H groups in total. The Labute approximate surface area is 193 Å². The highest BCUT2D eigenvalue weighted by atomic mass is 31.1. The van der Waals surface area contributed by atoms with E-state index in [9.17, 15) is 0 Å². The van der Waals surface area contributed by atoms with Crippen molar-refractivity contribution in [2.45, 2.75) is 26.4 Å². The van der Waals surface area contributed by atoms with Crippen LogP contribution in [0.1, 0.15) is 28.7 Å². The normalized spacial score (nSPS) is 15.8. The van der Waals surface area contributed by atoms with Crippen LogP contribution in [0.2, 0.25) is 0 Å². The van der Waals surface area contributed by atoms with Crippen LogP contribution in [0.15, 0.2) is 96.0 Å². The summed E-state index contributed by atoms with van der Waals surface area (Å²) in [5.74, 6) is 1.53. The highest BCUT2D eigenvalue weighted by Crippen LogP contribution is 2.25. The van der Waals surface area contributed by atoms with Crippen molar-refractivity contribution in [2.24, 2.45) is 10.9 Å². The molecule has 1 aliphatic carbocycles.